The fourth-order valence-corrected chi connectivity index (χ4v) is 2.39. The number of hydrogen-bond donors (Lipinski definition) is 1. The number of hydrogen-bond acceptors (Lipinski definition) is 3. The summed E-state index contributed by atoms with van der Waals surface area (Å²) in [6.45, 7) is 4.95. The zero-order valence-corrected chi connectivity index (χ0v) is 14.0. The van der Waals surface area contributed by atoms with Crippen molar-refractivity contribution in [2.75, 3.05) is 6.54 Å². The lowest BCUT2D eigenvalue weighted by atomic mass is 10.1. The van der Waals surface area contributed by atoms with Crippen LogP contribution in [0.15, 0.2) is 36.7 Å². The Bertz CT molecular complexity index is 640. The average molecular weight is 311 g/mol. The van der Waals surface area contributed by atoms with E-state index in [4.69, 9.17) is 0 Å². The first-order chi connectivity index (χ1) is 11.2. The Hall–Kier alpha value is -2.23. The van der Waals surface area contributed by atoms with E-state index in [1.807, 2.05) is 31.3 Å². The summed E-state index contributed by atoms with van der Waals surface area (Å²) in [5, 5.41) is 2.95. The van der Waals surface area contributed by atoms with Crippen molar-refractivity contribution in [2.45, 2.75) is 46.0 Å². The van der Waals surface area contributed by atoms with Gasteiger partial charge in [-0.25, -0.2) is 0 Å². The normalized spacial score (nSPS) is 10.5. The van der Waals surface area contributed by atoms with Crippen LogP contribution in [-0.4, -0.2) is 22.4 Å². The van der Waals surface area contributed by atoms with Crippen LogP contribution in [0.1, 0.15) is 43.7 Å². The van der Waals surface area contributed by atoms with Crippen molar-refractivity contribution in [1.29, 1.82) is 0 Å². The molecule has 0 spiro atoms. The van der Waals surface area contributed by atoms with Crippen LogP contribution in [0, 0.1) is 6.92 Å². The van der Waals surface area contributed by atoms with Crippen molar-refractivity contribution in [3.8, 4) is 11.4 Å². The molecule has 0 aromatic carbocycles. The molecule has 4 nitrogen and oxygen atoms in total. The predicted molar refractivity (Wildman–Crippen MR) is 93.1 cm³/mol. The second kappa shape index (κ2) is 9.03. The number of unbranched alkanes of at least 4 members (excludes halogenated alkanes) is 1. The van der Waals surface area contributed by atoms with Gasteiger partial charge in [-0.3, -0.25) is 14.8 Å². The monoisotopic (exact) mass is 311 g/mol. The minimum atomic E-state index is 0.146. The number of pyridine rings is 2. The summed E-state index contributed by atoms with van der Waals surface area (Å²) in [6, 6.07) is 8.09. The van der Waals surface area contributed by atoms with E-state index in [9.17, 15) is 4.79 Å². The summed E-state index contributed by atoms with van der Waals surface area (Å²) in [5.41, 5.74) is 4.15. The summed E-state index contributed by atoms with van der Waals surface area (Å²) in [5.74, 6) is 0.146. The lowest BCUT2D eigenvalue weighted by molar-refractivity contribution is -0.121. The highest BCUT2D eigenvalue weighted by atomic mass is 16.1. The highest BCUT2D eigenvalue weighted by Gasteiger charge is 2.04. The second-order valence-corrected chi connectivity index (χ2v) is 5.82. The average Bonchev–Trinajstić information content (AvgIpc) is 2.55. The van der Waals surface area contributed by atoms with Crippen LogP contribution in [0.2, 0.25) is 0 Å². The van der Waals surface area contributed by atoms with Gasteiger partial charge in [-0.1, -0.05) is 13.3 Å². The molecule has 0 aliphatic carbocycles. The van der Waals surface area contributed by atoms with Gasteiger partial charge in [0.2, 0.25) is 5.91 Å². The topological polar surface area (TPSA) is 54.9 Å². The Morgan fingerprint density at radius 3 is 2.57 bits per heavy atom. The number of nitrogens with zero attached hydrogens (tertiary/aromatic N) is 2. The number of aromatic nitrogens is 2. The minimum absolute atomic E-state index is 0.146. The second-order valence-electron chi connectivity index (χ2n) is 5.82. The third kappa shape index (κ3) is 5.81. The van der Waals surface area contributed by atoms with Crippen LogP contribution < -0.4 is 5.32 Å². The van der Waals surface area contributed by atoms with E-state index >= 15 is 0 Å². The summed E-state index contributed by atoms with van der Waals surface area (Å²) in [6.07, 6.45) is 8.07. The lowest BCUT2D eigenvalue weighted by Crippen LogP contribution is -2.23. The molecule has 0 atom stereocenters. The number of rotatable bonds is 8. The van der Waals surface area contributed by atoms with Crippen molar-refractivity contribution in [1.82, 2.24) is 15.3 Å². The molecule has 2 heterocycles. The van der Waals surface area contributed by atoms with Gasteiger partial charge < -0.3 is 5.32 Å². The minimum Gasteiger partial charge on any atom is -0.356 e. The van der Waals surface area contributed by atoms with E-state index < -0.39 is 0 Å². The molecule has 0 saturated carbocycles. The van der Waals surface area contributed by atoms with Crippen LogP contribution in [0.4, 0.5) is 0 Å². The van der Waals surface area contributed by atoms with Gasteiger partial charge in [0.15, 0.2) is 0 Å². The van der Waals surface area contributed by atoms with Gasteiger partial charge in [0, 0.05) is 25.4 Å². The molecule has 4 heteroatoms. The quantitative estimate of drug-likeness (QED) is 0.756. The summed E-state index contributed by atoms with van der Waals surface area (Å²) >= 11 is 0. The molecule has 0 fully saturated rings. The number of carbonyl (C=O) groups excluding carboxylic acids is 1. The van der Waals surface area contributed by atoms with E-state index in [0.717, 1.165) is 43.6 Å². The molecular formula is C19H25N3O. The first kappa shape index (κ1) is 17.1. The molecule has 0 bridgehead atoms. The van der Waals surface area contributed by atoms with E-state index in [-0.39, 0.29) is 5.91 Å². The van der Waals surface area contributed by atoms with Crippen LogP contribution >= 0.6 is 0 Å². The summed E-state index contributed by atoms with van der Waals surface area (Å²) < 4.78 is 0. The van der Waals surface area contributed by atoms with Gasteiger partial charge >= 0.3 is 0 Å². The standard InChI is InChI=1S/C19H25N3O/c1-3-4-10-22-19(23)7-5-6-16-9-12-21-18(14-16)17-13-15(2)8-11-20-17/h8-9,11-14H,3-7,10H2,1-2H3,(H,22,23). The summed E-state index contributed by atoms with van der Waals surface area (Å²) in [7, 11) is 0. The molecule has 0 aliphatic heterocycles. The van der Waals surface area contributed by atoms with Crippen molar-refractivity contribution < 1.29 is 4.79 Å². The van der Waals surface area contributed by atoms with Crippen molar-refractivity contribution in [3.63, 3.8) is 0 Å². The maximum atomic E-state index is 11.7. The van der Waals surface area contributed by atoms with E-state index in [1.54, 1.807) is 6.20 Å². The van der Waals surface area contributed by atoms with Gasteiger partial charge in [0.1, 0.15) is 0 Å². The van der Waals surface area contributed by atoms with Crippen molar-refractivity contribution in [3.05, 3.63) is 47.8 Å². The largest absolute Gasteiger partial charge is 0.356 e. The van der Waals surface area contributed by atoms with Crippen LogP contribution in [0.25, 0.3) is 11.4 Å². The highest BCUT2D eigenvalue weighted by Crippen LogP contribution is 2.17. The van der Waals surface area contributed by atoms with E-state index in [1.165, 1.54) is 11.1 Å². The van der Waals surface area contributed by atoms with E-state index in [0.29, 0.717) is 6.42 Å². The zero-order valence-electron chi connectivity index (χ0n) is 14.0. The molecule has 23 heavy (non-hydrogen) atoms. The molecule has 0 aliphatic rings. The maximum Gasteiger partial charge on any atom is 0.220 e. The molecule has 1 amide bonds. The predicted octanol–water partition coefficient (Wildman–Crippen LogP) is 3.69. The molecule has 122 valence electrons. The molecule has 0 saturated heterocycles. The number of aryl methyl sites for hydroxylation is 2. The van der Waals surface area contributed by atoms with Crippen molar-refractivity contribution >= 4 is 5.91 Å². The fraction of sp³-hybridized carbons (Fsp3) is 0.421. The molecular weight excluding hydrogens is 286 g/mol. The van der Waals surface area contributed by atoms with Gasteiger partial charge in [-0.15, -0.1) is 0 Å². The number of nitrogens with one attached hydrogen (secondary N) is 1. The molecule has 0 unspecified atom stereocenters. The van der Waals surface area contributed by atoms with E-state index in [2.05, 4.69) is 28.3 Å². The Morgan fingerprint density at radius 2 is 1.83 bits per heavy atom. The number of carbonyl (C=O) groups is 1. The molecule has 2 aromatic rings. The fourth-order valence-electron chi connectivity index (χ4n) is 2.39. The zero-order chi connectivity index (χ0) is 16.5. The maximum absolute atomic E-state index is 11.7. The molecule has 1 N–H and O–H groups in total. The third-order valence-corrected chi connectivity index (χ3v) is 3.72. The Labute approximate surface area is 138 Å². The van der Waals surface area contributed by atoms with Gasteiger partial charge in [0.05, 0.1) is 11.4 Å². The van der Waals surface area contributed by atoms with Crippen LogP contribution in [0.5, 0.6) is 0 Å². The van der Waals surface area contributed by atoms with Gasteiger partial charge in [0.25, 0.3) is 0 Å². The first-order valence-corrected chi connectivity index (χ1v) is 8.33. The molecule has 2 aromatic heterocycles. The Balaban J connectivity index is 1.87. The Morgan fingerprint density at radius 1 is 1.09 bits per heavy atom. The van der Waals surface area contributed by atoms with Crippen LogP contribution in [0.3, 0.4) is 0 Å². The first-order valence-electron chi connectivity index (χ1n) is 8.33. The highest BCUT2D eigenvalue weighted by molar-refractivity contribution is 5.75. The SMILES string of the molecule is CCCCNC(=O)CCCc1ccnc(-c2cc(C)ccn2)c1. The van der Waals surface area contributed by atoms with Gasteiger partial charge in [-0.05, 0) is 61.6 Å². The number of amides is 1. The molecule has 2 rings (SSSR count). The summed E-state index contributed by atoms with van der Waals surface area (Å²) in [4.78, 5) is 20.5. The van der Waals surface area contributed by atoms with Crippen LogP contribution in [-0.2, 0) is 11.2 Å². The molecule has 0 radical (unpaired) electrons. The lowest BCUT2D eigenvalue weighted by Gasteiger charge is -2.06. The smallest absolute Gasteiger partial charge is 0.220 e. The third-order valence-electron chi connectivity index (χ3n) is 3.72. The van der Waals surface area contributed by atoms with Crippen molar-refractivity contribution in [2.24, 2.45) is 0 Å². The van der Waals surface area contributed by atoms with Gasteiger partial charge in [-0.2, -0.15) is 0 Å². The Kier molecular flexibility index (Phi) is 6.73.